The summed E-state index contributed by atoms with van der Waals surface area (Å²) in [5, 5.41) is 6.33. The van der Waals surface area contributed by atoms with Gasteiger partial charge in [-0.05, 0) is 35.2 Å². The molecular formula is C21H25IN4O3. The van der Waals surface area contributed by atoms with Gasteiger partial charge in [0, 0.05) is 26.7 Å². The quantitative estimate of drug-likeness (QED) is 0.377. The van der Waals surface area contributed by atoms with Crippen LogP contribution >= 0.6 is 24.0 Å². The number of carbonyl (C=O) groups excluding carboxylic acids is 1. The minimum Gasteiger partial charge on any atom is -0.454 e. The van der Waals surface area contributed by atoms with Crippen LogP contribution in [0.2, 0.25) is 0 Å². The molecule has 0 unspecified atom stereocenters. The summed E-state index contributed by atoms with van der Waals surface area (Å²) in [5.41, 5.74) is 3.61. The predicted octanol–water partition coefficient (Wildman–Crippen LogP) is 2.28. The largest absolute Gasteiger partial charge is 0.454 e. The summed E-state index contributed by atoms with van der Waals surface area (Å²) in [6.45, 7) is 2.46. The molecule has 0 atom stereocenters. The summed E-state index contributed by atoms with van der Waals surface area (Å²) in [7, 11) is 1.69. The lowest BCUT2D eigenvalue weighted by molar-refractivity contribution is -0.130. The van der Waals surface area contributed by atoms with Gasteiger partial charge < -0.3 is 25.0 Å². The second kappa shape index (κ2) is 9.82. The van der Waals surface area contributed by atoms with E-state index in [1.54, 1.807) is 7.05 Å². The molecule has 0 saturated carbocycles. The number of carbonyl (C=O) groups is 1. The average Bonchev–Trinajstić information content (AvgIpc) is 3.21. The van der Waals surface area contributed by atoms with Crippen LogP contribution in [0.3, 0.4) is 0 Å². The van der Waals surface area contributed by atoms with Crippen molar-refractivity contribution in [1.29, 1.82) is 0 Å². The fourth-order valence-electron chi connectivity index (χ4n) is 3.44. The maximum absolute atomic E-state index is 12.6. The molecular weight excluding hydrogens is 483 g/mol. The third kappa shape index (κ3) is 5.11. The van der Waals surface area contributed by atoms with Gasteiger partial charge in [0.25, 0.3) is 0 Å². The van der Waals surface area contributed by atoms with E-state index in [4.69, 9.17) is 9.47 Å². The van der Waals surface area contributed by atoms with Gasteiger partial charge in [-0.25, -0.2) is 0 Å². The third-order valence-electron chi connectivity index (χ3n) is 5.01. The second-order valence-corrected chi connectivity index (χ2v) is 6.80. The molecule has 0 spiro atoms. The highest BCUT2D eigenvalue weighted by molar-refractivity contribution is 14.0. The Kier molecular flexibility index (Phi) is 7.18. The molecule has 2 aromatic rings. The first-order chi connectivity index (χ1) is 13.7. The summed E-state index contributed by atoms with van der Waals surface area (Å²) in [6.07, 6.45) is 0.902. The molecule has 4 rings (SSSR count). The fraction of sp³-hybridized carbons (Fsp3) is 0.333. The van der Waals surface area contributed by atoms with E-state index in [1.165, 1.54) is 11.1 Å². The number of guanidine groups is 1. The molecule has 154 valence electrons. The summed E-state index contributed by atoms with van der Waals surface area (Å²) < 4.78 is 10.7. The molecule has 2 heterocycles. The molecule has 0 aliphatic carbocycles. The van der Waals surface area contributed by atoms with Crippen molar-refractivity contribution < 1.29 is 14.3 Å². The standard InChI is InChI=1S/C21H24N4O3.HI/c1-22-21(23-11-15-6-7-18-19(10-15)28-14-27-18)24-12-20(26)25-9-8-16-4-2-3-5-17(16)13-25;/h2-7,10H,8-9,11-14H2,1H3,(H2,22,23,24);1H. The number of fused-ring (bicyclic) bond motifs is 2. The first-order valence-electron chi connectivity index (χ1n) is 9.40. The lowest BCUT2D eigenvalue weighted by Crippen LogP contribution is -2.45. The van der Waals surface area contributed by atoms with E-state index in [1.807, 2.05) is 35.2 Å². The van der Waals surface area contributed by atoms with Gasteiger partial charge in [-0.3, -0.25) is 9.79 Å². The smallest absolute Gasteiger partial charge is 0.242 e. The summed E-state index contributed by atoms with van der Waals surface area (Å²) in [4.78, 5) is 18.7. The molecule has 29 heavy (non-hydrogen) atoms. The maximum atomic E-state index is 12.6. The number of nitrogens with one attached hydrogen (secondary N) is 2. The van der Waals surface area contributed by atoms with Crippen LogP contribution in [0, 0.1) is 0 Å². The van der Waals surface area contributed by atoms with Crippen LogP contribution in [0.1, 0.15) is 16.7 Å². The molecule has 8 heteroatoms. The van der Waals surface area contributed by atoms with Gasteiger partial charge in [0.1, 0.15) is 0 Å². The summed E-state index contributed by atoms with van der Waals surface area (Å²) >= 11 is 0. The zero-order valence-electron chi connectivity index (χ0n) is 16.3. The Morgan fingerprint density at radius 1 is 1.10 bits per heavy atom. The van der Waals surface area contributed by atoms with E-state index in [0.29, 0.717) is 19.0 Å². The molecule has 1 amide bonds. The number of hydrogen-bond acceptors (Lipinski definition) is 4. The number of ether oxygens (including phenoxy) is 2. The van der Waals surface area contributed by atoms with E-state index >= 15 is 0 Å². The number of amides is 1. The van der Waals surface area contributed by atoms with Gasteiger partial charge in [0.15, 0.2) is 17.5 Å². The number of aliphatic imine (C=N–C) groups is 1. The summed E-state index contributed by atoms with van der Waals surface area (Å²) in [5.74, 6) is 2.17. The first-order valence-corrected chi connectivity index (χ1v) is 9.40. The Morgan fingerprint density at radius 3 is 2.72 bits per heavy atom. The minimum absolute atomic E-state index is 0. The highest BCUT2D eigenvalue weighted by Crippen LogP contribution is 2.32. The highest BCUT2D eigenvalue weighted by atomic mass is 127. The molecule has 2 N–H and O–H groups in total. The second-order valence-electron chi connectivity index (χ2n) is 6.80. The van der Waals surface area contributed by atoms with Gasteiger partial charge in [-0.1, -0.05) is 30.3 Å². The van der Waals surface area contributed by atoms with E-state index < -0.39 is 0 Å². The van der Waals surface area contributed by atoms with Crippen molar-refractivity contribution in [3.8, 4) is 11.5 Å². The molecule has 2 aliphatic rings. The Balaban J connectivity index is 0.00000240. The first kappa shape index (κ1) is 21.2. The number of nitrogens with zero attached hydrogens (tertiary/aromatic N) is 2. The lowest BCUT2D eigenvalue weighted by Gasteiger charge is -2.29. The number of benzene rings is 2. The van der Waals surface area contributed by atoms with Crippen molar-refractivity contribution in [3.05, 3.63) is 59.2 Å². The predicted molar refractivity (Wildman–Crippen MR) is 122 cm³/mol. The van der Waals surface area contributed by atoms with Crippen LogP contribution in [0.4, 0.5) is 0 Å². The molecule has 0 saturated heterocycles. The van der Waals surface area contributed by atoms with E-state index in [0.717, 1.165) is 30.0 Å². The van der Waals surface area contributed by atoms with Crippen LogP contribution < -0.4 is 20.1 Å². The van der Waals surface area contributed by atoms with Crippen LogP contribution in [0.25, 0.3) is 0 Å². The van der Waals surface area contributed by atoms with Gasteiger partial charge in [-0.2, -0.15) is 0 Å². The van der Waals surface area contributed by atoms with E-state index in [-0.39, 0.29) is 43.2 Å². The Morgan fingerprint density at radius 2 is 1.90 bits per heavy atom. The normalized spacial score (nSPS) is 14.7. The molecule has 7 nitrogen and oxygen atoms in total. The van der Waals surface area contributed by atoms with E-state index in [2.05, 4.69) is 27.8 Å². The Bertz CT molecular complexity index is 903. The van der Waals surface area contributed by atoms with Crippen molar-refractivity contribution in [3.63, 3.8) is 0 Å². The minimum atomic E-state index is 0. The Hall–Kier alpha value is -2.49. The zero-order valence-corrected chi connectivity index (χ0v) is 18.6. The average molecular weight is 508 g/mol. The summed E-state index contributed by atoms with van der Waals surface area (Å²) in [6, 6.07) is 14.1. The molecule has 0 aromatic heterocycles. The Labute approximate surface area is 187 Å². The van der Waals surface area contributed by atoms with Gasteiger partial charge in [0.05, 0.1) is 6.54 Å². The highest BCUT2D eigenvalue weighted by Gasteiger charge is 2.20. The number of hydrogen-bond donors (Lipinski definition) is 2. The molecule has 0 bridgehead atoms. The van der Waals surface area contributed by atoms with Crippen molar-refractivity contribution in [2.45, 2.75) is 19.5 Å². The van der Waals surface area contributed by atoms with Crippen LogP contribution in [0.15, 0.2) is 47.5 Å². The molecule has 0 fully saturated rings. The van der Waals surface area contributed by atoms with Crippen molar-refractivity contribution in [2.24, 2.45) is 4.99 Å². The van der Waals surface area contributed by atoms with Crippen molar-refractivity contribution >= 4 is 35.8 Å². The third-order valence-corrected chi connectivity index (χ3v) is 5.01. The van der Waals surface area contributed by atoms with Crippen molar-refractivity contribution in [1.82, 2.24) is 15.5 Å². The molecule has 2 aromatic carbocycles. The van der Waals surface area contributed by atoms with E-state index in [9.17, 15) is 4.79 Å². The number of rotatable bonds is 4. The van der Waals surface area contributed by atoms with Crippen LogP contribution in [-0.2, 0) is 24.3 Å². The van der Waals surface area contributed by atoms with Gasteiger partial charge >= 0.3 is 0 Å². The van der Waals surface area contributed by atoms with Gasteiger partial charge in [0.2, 0.25) is 12.7 Å². The topological polar surface area (TPSA) is 75.2 Å². The SMILES string of the molecule is CN=C(NCC(=O)N1CCc2ccccc2C1)NCc1ccc2c(c1)OCO2.I. The maximum Gasteiger partial charge on any atom is 0.242 e. The molecule has 0 radical (unpaired) electrons. The van der Waals surface area contributed by atoms with Crippen LogP contribution in [-0.4, -0.2) is 43.7 Å². The fourth-order valence-corrected chi connectivity index (χ4v) is 3.44. The van der Waals surface area contributed by atoms with Crippen molar-refractivity contribution in [2.75, 3.05) is 26.9 Å². The molecule has 2 aliphatic heterocycles. The monoisotopic (exact) mass is 508 g/mol. The number of halogens is 1. The lowest BCUT2D eigenvalue weighted by atomic mass is 10.00. The zero-order chi connectivity index (χ0) is 19.3. The van der Waals surface area contributed by atoms with Gasteiger partial charge in [-0.15, -0.1) is 24.0 Å². The van der Waals surface area contributed by atoms with Crippen LogP contribution in [0.5, 0.6) is 11.5 Å².